The summed E-state index contributed by atoms with van der Waals surface area (Å²) in [5.41, 5.74) is 0.299. The number of allylic oxidation sites excluding steroid dienone is 2. The van der Waals surface area contributed by atoms with Crippen molar-refractivity contribution in [2.75, 3.05) is 6.54 Å². The average molecular weight is 773 g/mol. The lowest BCUT2D eigenvalue weighted by atomic mass is 9.90. The topological polar surface area (TPSA) is 123 Å². The van der Waals surface area contributed by atoms with Crippen LogP contribution in [0.5, 0.6) is 5.19 Å². The summed E-state index contributed by atoms with van der Waals surface area (Å²) >= 11 is 4.87. The quantitative estimate of drug-likeness (QED) is 0.272. The van der Waals surface area contributed by atoms with Crippen molar-refractivity contribution in [3.8, 4) is 5.19 Å². The Balaban J connectivity index is 1.18. The van der Waals surface area contributed by atoms with E-state index in [2.05, 4.69) is 25.6 Å². The Morgan fingerprint density at radius 2 is 1.96 bits per heavy atom. The summed E-state index contributed by atoms with van der Waals surface area (Å²) in [7, 11) is -3.81. The molecule has 9 nitrogen and oxygen atoms in total. The largest absolute Gasteiger partial charge is 0.465 e. The van der Waals surface area contributed by atoms with Crippen LogP contribution in [0, 0.1) is 23.1 Å². The van der Waals surface area contributed by atoms with Gasteiger partial charge in [0.05, 0.1) is 33.5 Å². The Morgan fingerprint density at radius 1 is 1.12 bits per heavy atom. The minimum absolute atomic E-state index is 0.160. The lowest BCUT2D eigenvalue weighted by Crippen LogP contribution is -2.46. The molecule has 3 aromatic rings. The summed E-state index contributed by atoms with van der Waals surface area (Å²) in [4.78, 5) is 48.7. The molecule has 0 bridgehead atoms. The summed E-state index contributed by atoms with van der Waals surface area (Å²) in [6.45, 7) is 0.160. The number of thiazole rings is 1. The number of halogens is 2. The number of nitrogens with one attached hydrogen (secondary N) is 1. The highest BCUT2D eigenvalue weighted by atomic mass is 79.9. The van der Waals surface area contributed by atoms with Crippen LogP contribution in [0.3, 0.4) is 0 Å². The highest BCUT2D eigenvalue weighted by molar-refractivity contribution is 9.10. The summed E-state index contributed by atoms with van der Waals surface area (Å²) in [5.74, 6) is -2.24. The Hall–Kier alpha value is -3.16. The Kier molecular flexibility index (Phi) is 9.70. The number of Topliss-reactive ketones (excluding diaryl/α,β-unsaturated/α-hetero) is 1. The van der Waals surface area contributed by atoms with Gasteiger partial charge in [-0.1, -0.05) is 64.4 Å². The van der Waals surface area contributed by atoms with Gasteiger partial charge in [-0.3, -0.25) is 19.1 Å². The van der Waals surface area contributed by atoms with Crippen LogP contribution in [-0.2, 0) is 30.8 Å². The second kappa shape index (κ2) is 13.9. The molecular weight excluding hydrogens is 733 g/mol. The number of hydrogen-bond donors (Lipinski definition) is 1. The smallest absolute Gasteiger partial charge is 0.274 e. The number of amides is 2. The SMILES string of the molecule is O=C1C[C@]2(C(=O)NS(=O)(=O)C3CC3)C[C@@H]2/C=C\CCCCC[C@H](Cc2cccc(F)c2)C(=O)N2C[C@H](Oc3nc4ccc(Br)cc4s3)C[C@@H]12. The molecule has 0 unspecified atom stereocenters. The van der Waals surface area contributed by atoms with E-state index in [-0.39, 0.29) is 42.8 Å². The molecule has 1 aromatic heterocycles. The van der Waals surface area contributed by atoms with E-state index in [1.165, 1.54) is 23.5 Å². The molecule has 49 heavy (non-hydrogen) atoms. The number of ketones is 1. The third-order valence-electron chi connectivity index (χ3n) is 10.3. The first kappa shape index (κ1) is 34.3. The van der Waals surface area contributed by atoms with Crippen LogP contribution in [0.4, 0.5) is 4.39 Å². The lowest BCUT2D eigenvalue weighted by molar-refractivity contribution is -0.142. The van der Waals surface area contributed by atoms with Crippen molar-refractivity contribution in [2.24, 2.45) is 17.3 Å². The molecule has 3 heterocycles. The maximum absolute atomic E-state index is 14.5. The first-order valence-electron chi connectivity index (χ1n) is 17.0. The minimum atomic E-state index is -3.81. The van der Waals surface area contributed by atoms with E-state index in [4.69, 9.17) is 4.74 Å². The number of ether oxygens (including phenoxy) is 1. The number of fused-ring (bicyclic) bond motifs is 3. The van der Waals surface area contributed by atoms with Crippen LogP contribution in [0.2, 0.25) is 0 Å². The number of benzene rings is 2. The number of carbonyl (C=O) groups is 3. The van der Waals surface area contributed by atoms with Crippen LogP contribution < -0.4 is 9.46 Å². The van der Waals surface area contributed by atoms with E-state index in [1.54, 1.807) is 11.0 Å². The molecule has 13 heteroatoms. The number of nitrogens with zero attached hydrogens (tertiary/aromatic N) is 2. The first-order valence-corrected chi connectivity index (χ1v) is 20.2. The van der Waals surface area contributed by atoms with Crippen LogP contribution in [0.15, 0.2) is 59.1 Å². The van der Waals surface area contributed by atoms with Crippen LogP contribution in [0.1, 0.15) is 69.8 Å². The van der Waals surface area contributed by atoms with Crippen molar-refractivity contribution in [3.63, 3.8) is 0 Å². The molecule has 0 spiro atoms. The maximum Gasteiger partial charge on any atom is 0.274 e. The summed E-state index contributed by atoms with van der Waals surface area (Å²) in [6, 6.07) is 11.1. The third kappa shape index (κ3) is 7.63. The summed E-state index contributed by atoms with van der Waals surface area (Å²) < 4.78 is 50.2. The zero-order valence-electron chi connectivity index (χ0n) is 27.0. The van der Waals surface area contributed by atoms with Crippen molar-refractivity contribution in [1.29, 1.82) is 0 Å². The molecule has 2 saturated carbocycles. The molecule has 2 aromatic carbocycles. The van der Waals surface area contributed by atoms with Gasteiger partial charge in [0, 0.05) is 23.2 Å². The fraction of sp³-hybridized carbons (Fsp3) is 0.500. The standard InChI is InChI=1S/C36H39BrFN3O6S2/c37-25-11-14-29-32(17-25)48-35(39-29)47-27-18-30-31(42)20-36(34(44)40-49(45,46)28-12-13-28)19-24(36)9-5-3-1-2-4-8-23(33(43)41(30)21-27)15-22-7-6-10-26(38)16-22/h5-7,9-11,14,16-17,23-24,27-28,30H,1-4,8,12-13,15,18-21H2,(H,40,44)/b9-5-/t23-,24+,27-,30+,36-/m1/s1. The first-order chi connectivity index (χ1) is 23.5. The van der Waals surface area contributed by atoms with E-state index in [9.17, 15) is 27.2 Å². The van der Waals surface area contributed by atoms with Crippen molar-refractivity contribution in [1.82, 2.24) is 14.6 Å². The molecule has 3 fully saturated rings. The molecule has 7 rings (SSSR count). The van der Waals surface area contributed by atoms with Gasteiger partial charge >= 0.3 is 0 Å². The van der Waals surface area contributed by atoms with E-state index in [1.807, 2.05) is 36.4 Å². The normalized spacial score (nSPS) is 28.7. The van der Waals surface area contributed by atoms with Gasteiger partial charge in [-0.25, -0.2) is 17.8 Å². The molecule has 2 aliphatic carbocycles. The third-order valence-corrected chi connectivity index (χ3v) is 13.5. The molecule has 0 radical (unpaired) electrons. The number of aromatic nitrogens is 1. The highest BCUT2D eigenvalue weighted by Gasteiger charge is 2.61. The summed E-state index contributed by atoms with van der Waals surface area (Å²) in [5, 5.41) is -0.136. The molecule has 5 atom stereocenters. The van der Waals surface area contributed by atoms with Crippen LogP contribution in [-0.4, -0.2) is 59.8 Å². The molecule has 1 saturated heterocycles. The van der Waals surface area contributed by atoms with E-state index in [0.717, 1.165) is 40.4 Å². The second-order valence-corrected chi connectivity index (χ2v) is 17.8. The number of rotatable bonds is 7. The van der Waals surface area contributed by atoms with Crippen molar-refractivity contribution in [2.45, 2.75) is 88.0 Å². The highest BCUT2D eigenvalue weighted by Crippen LogP contribution is 2.57. The number of carbonyl (C=O) groups excluding carboxylic acids is 3. The van der Waals surface area contributed by atoms with E-state index >= 15 is 0 Å². The molecule has 2 amide bonds. The Morgan fingerprint density at radius 3 is 2.76 bits per heavy atom. The zero-order chi connectivity index (χ0) is 34.3. The van der Waals surface area contributed by atoms with Gasteiger partial charge in [0.15, 0.2) is 5.78 Å². The molecular formula is C36H39BrFN3O6S2. The van der Waals surface area contributed by atoms with Gasteiger partial charge in [0.1, 0.15) is 11.9 Å². The predicted octanol–water partition coefficient (Wildman–Crippen LogP) is 6.50. The van der Waals surface area contributed by atoms with Gasteiger partial charge in [-0.05, 0) is 86.8 Å². The number of sulfonamides is 1. The van der Waals surface area contributed by atoms with Crippen LogP contribution >= 0.6 is 27.3 Å². The molecule has 260 valence electrons. The predicted molar refractivity (Wildman–Crippen MR) is 188 cm³/mol. The van der Waals surface area contributed by atoms with Gasteiger partial charge in [0.25, 0.3) is 5.19 Å². The van der Waals surface area contributed by atoms with Crippen molar-refractivity contribution in [3.05, 3.63) is 70.5 Å². The Labute approximate surface area is 297 Å². The maximum atomic E-state index is 14.5. The molecule has 4 aliphatic rings. The van der Waals surface area contributed by atoms with Gasteiger partial charge in [0.2, 0.25) is 21.8 Å². The number of hydrogen-bond acceptors (Lipinski definition) is 8. The fourth-order valence-electron chi connectivity index (χ4n) is 7.34. The average Bonchev–Trinajstić information content (AvgIpc) is 3.95. The van der Waals surface area contributed by atoms with Gasteiger partial charge < -0.3 is 9.64 Å². The van der Waals surface area contributed by atoms with Crippen LogP contribution in [0.25, 0.3) is 10.2 Å². The fourth-order valence-corrected chi connectivity index (χ4v) is 10.2. The van der Waals surface area contributed by atoms with Gasteiger partial charge in [-0.15, -0.1) is 0 Å². The Bertz CT molecular complexity index is 1910. The van der Waals surface area contributed by atoms with Crippen molar-refractivity contribution >= 4 is 65.1 Å². The minimum Gasteiger partial charge on any atom is -0.465 e. The van der Waals surface area contributed by atoms with E-state index in [0.29, 0.717) is 42.9 Å². The van der Waals surface area contributed by atoms with E-state index < -0.39 is 44.7 Å². The lowest BCUT2D eigenvalue weighted by Gasteiger charge is -2.29. The molecule has 2 aliphatic heterocycles. The van der Waals surface area contributed by atoms with Gasteiger partial charge in [-0.2, -0.15) is 0 Å². The summed E-state index contributed by atoms with van der Waals surface area (Å²) in [6.07, 6.45) is 9.15. The zero-order valence-corrected chi connectivity index (χ0v) is 30.2. The second-order valence-electron chi connectivity index (χ2n) is 14.0. The monoisotopic (exact) mass is 771 g/mol. The molecule has 1 N–H and O–H groups in total. The van der Waals surface area contributed by atoms with Crippen molar-refractivity contribution < 1.29 is 31.9 Å².